The molecule has 0 spiro atoms. The van der Waals surface area contributed by atoms with Crippen LogP contribution in [0.5, 0.6) is 0 Å². The summed E-state index contributed by atoms with van der Waals surface area (Å²) in [5.41, 5.74) is 5.30. The third-order valence-electron chi connectivity index (χ3n) is 3.59. The van der Waals surface area contributed by atoms with Crippen LogP contribution < -0.4 is 5.73 Å². The Bertz CT molecular complexity index is 668. The van der Waals surface area contributed by atoms with Crippen molar-refractivity contribution in [3.8, 4) is 0 Å². The van der Waals surface area contributed by atoms with Gasteiger partial charge in [-0.1, -0.05) is 11.6 Å². The number of carbonyl (C=O) groups is 1. The second kappa shape index (κ2) is 6.20. The molecule has 1 aliphatic heterocycles. The van der Waals surface area contributed by atoms with Crippen molar-refractivity contribution in [2.24, 2.45) is 11.7 Å². The zero-order valence-corrected chi connectivity index (χ0v) is 14.4. The Hall–Kier alpha value is -0.700. The van der Waals surface area contributed by atoms with E-state index in [1.165, 1.54) is 16.6 Å². The zero-order chi connectivity index (χ0) is 15.8. The average molecular weight is 397 g/mol. The lowest BCUT2D eigenvalue weighted by Crippen LogP contribution is -2.48. The maximum Gasteiger partial charge on any atom is 0.246 e. The monoisotopic (exact) mass is 395 g/mol. The van der Waals surface area contributed by atoms with E-state index in [1.807, 2.05) is 0 Å². The summed E-state index contributed by atoms with van der Waals surface area (Å²) in [4.78, 5) is 15.1. The molecule has 2 N–H and O–H groups in total. The Kier molecular flexibility index (Phi) is 4.92. The van der Waals surface area contributed by atoms with Crippen molar-refractivity contribution < 1.29 is 13.2 Å². The molecule has 0 aliphatic carbocycles. The third kappa shape index (κ3) is 3.39. The van der Waals surface area contributed by atoms with Gasteiger partial charge in [0, 0.05) is 23.3 Å². The third-order valence-corrected chi connectivity index (χ3v) is 6.43. The number of piperidine rings is 1. The Labute approximate surface area is 136 Å². The van der Waals surface area contributed by atoms with Gasteiger partial charge in [-0.15, -0.1) is 0 Å². The minimum Gasteiger partial charge on any atom is -0.369 e. The molecule has 0 bridgehead atoms. The molecule has 2 unspecified atom stereocenters. The summed E-state index contributed by atoms with van der Waals surface area (Å²) >= 11 is 9.10. The molecule has 2 atom stereocenters. The van der Waals surface area contributed by atoms with E-state index < -0.39 is 21.8 Å². The number of nitrogens with two attached hydrogens (primary N) is 1. The van der Waals surface area contributed by atoms with Crippen molar-refractivity contribution in [1.29, 1.82) is 0 Å². The molecule has 9 heteroatoms. The van der Waals surface area contributed by atoms with Crippen LogP contribution in [0.1, 0.15) is 19.8 Å². The van der Waals surface area contributed by atoms with Crippen LogP contribution in [0.25, 0.3) is 0 Å². The lowest BCUT2D eigenvalue weighted by atomic mass is 9.95. The molecule has 0 radical (unpaired) electrons. The summed E-state index contributed by atoms with van der Waals surface area (Å²) in [6, 6.07) is 1.19. The van der Waals surface area contributed by atoms with Crippen LogP contribution in [0, 0.1) is 5.92 Å². The fourth-order valence-electron chi connectivity index (χ4n) is 2.35. The Balaban J connectivity index is 2.42. The smallest absolute Gasteiger partial charge is 0.246 e. The predicted octanol–water partition coefficient (Wildman–Crippen LogP) is 1.77. The van der Waals surface area contributed by atoms with E-state index in [4.69, 9.17) is 17.3 Å². The van der Waals surface area contributed by atoms with Crippen LogP contribution in [0.15, 0.2) is 21.6 Å². The molecular formula is C12H15BrClN3O3S. The van der Waals surface area contributed by atoms with Gasteiger partial charge in [0.05, 0.1) is 5.92 Å². The number of primary amides is 1. The summed E-state index contributed by atoms with van der Waals surface area (Å²) in [7, 11) is -3.83. The maximum atomic E-state index is 12.8. The number of rotatable bonds is 3. The van der Waals surface area contributed by atoms with Gasteiger partial charge in [-0.3, -0.25) is 4.79 Å². The van der Waals surface area contributed by atoms with Crippen LogP contribution in [0.3, 0.4) is 0 Å². The number of halogens is 2. The number of amides is 1. The number of carbonyl (C=O) groups excluding carboxylic acids is 1. The van der Waals surface area contributed by atoms with Gasteiger partial charge in [0.25, 0.3) is 0 Å². The number of sulfonamides is 1. The highest BCUT2D eigenvalue weighted by Gasteiger charge is 2.37. The molecule has 1 aromatic heterocycles. The van der Waals surface area contributed by atoms with Crippen LogP contribution in [0.2, 0.25) is 5.15 Å². The molecule has 0 saturated carbocycles. The van der Waals surface area contributed by atoms with Crippen LogP contribution in [0.4, 0.5) is 0 Å². The average Bonchev–Trinajstić information content (AvgIpc) is 2.41. The SMILES string of the molecule is CC1CCC(C(N)=O)CN1S(=O)(=O)c1cc(Br)cnc1Cl. The Morgan fingerprint density at radius 1 is 1.52 bits per heavy atom. The molecule has 116 valence electrons. The number of aromatic nitrogens is 1. The molecule has 1 aliphatic rings. The second-order valence-corrected chi connectivity index (χ2v) is 8.18. The lowest BCUT2D eigenvalue weighted by Gasteiger charge is -2.35. The first-order chi connectivity index (χ1) is 9.73. The molecule has 21 heavy (non-hydrogen) atoms. The van der Waals surface area contributed by atoms with Gasteiger partial charge < -0.3 is 5.73 Å². The maximum absolute atomic E-state index is 12.8. The van der Waals surface area contributed by atoms with Crippen LogP contribution in [-0.2, 0) is 14.8 Å². The fourth-order valence-corrected chi connectivity index (χ4v) is 4.98. The molecule has 1 saturated heterocycles. The highest BCUT2D eigenvalue weighted by Crippen LogP contribution is 2.31. The van der Waals surface area contributed by atoms with Gasteiger partial charge in [-0.25, -0.2) is 13.4 Å². The highest BCUT2D eigenvalue weighted by molar-refractivity contribution is 9.10. The van der Waals surface area contributed by atoms with Crippen LogP contribution >= 0.6 is 27.5 Å². The standard InChI is InChI=1S/C12H15BrClN3O3S/c1-7-2-3-8(12(15)18)6-17(7)21(19,20)10-4-9(13)5-16-11(10)14/h4-5,7-8H,2-3,6H2,1H3,(H2,15,18). The molecule has 1 fully saturated rings. The second-order valence-electron chi connectivity index (χ2n) is 5.04. The summed E-state index contributed by atoms with van der Waals surface area (Å²) in [5, 5.41) is -0.0911. The largest absolute Gasteiger partial charge is 0.369 e. The van der Waals surface area contributed by atoms with Gasteiger partial charge in [0.15, 0.2) is 0 Å². The number of hydrogen-bond donors (Lipinski definition) is 1. The summed E-state index contributed by atoms with van der Waals surface area (Å²) in [6.07, 6.45) is 2.59. The Morgan fingerprint density at radius 2 is 2.19 bits per heavy atom. The van der Waals surface area contributed by atoms with Gasteiger partial charge in [-0.2, -0.15) is 4.31 Å². The molecule has 2 rings (SSSR count). The number of pyridine rings is 1. The molecule has 0 aromatic carbocycles. The van der Waals surface area contributed by atoms with Crippen molar-refractivity contribution in [1.82, 2.24) is 9.29 Å². The van der Waals surface area contributed by atoms with Crippen LogP contribution in [-0.4, -0.2) is 36.2 Å². The Morgan fingerprint density at radius 3 is 2.81 bits per heavy atom. The molecule has 1 aromatic rings. The summed E-state index contributed by atoms with van der Waals surface area (Å²) in [5.74, 6) is -0.963. The minimum absolute atomic E-state index is 0.0711. The first-order valence-electron chi connectivity index (χ1n) is 6.35. The van der Waals surface area contributed by atoms with Crippen molar-refractivity contribution >= 4 is 43.5 Å². The molecule has 6 nitrogen and oxygen atoms in total. The van der Waals surface area contributed by atoms with E-state index in [1.54, 1.807) is 6.92 Å². The van der Waals surface area contributed by atoms with E-state index in [9.17, 15) is 13.2 Å². The number of hydrogen-bond acceptors (Lipinski definition) is 4. The van der Waals surface area contributed by atoms with Crippen molar-refractivity contribution in [3.05, 3.63) is 21.9 Å². The zero-order valence-electron chi connectivity index (χ0n) is 11.3. The quantitative estimate of drug-likeness (QED) is 0.788. The van der Waals surface area contributed by atoms with Gasteiger partial charge >= 0.3 is 0 Å². The summed E-state index contributed by atoms with van der Waals surface area (Å²) in [6.45, 7) is 1.87. The minimum atomic E-state index is -3.83. The normalized spacial score (nSPS) is 24.0. The summed E-state index contributed by atoms with van der Waals surface area (Å²) < 4.78 is 27.3. The van der Waals surface area contributed by atoms with Gasteiger partial charge in [-0.05, 0) is 41.8 Å². The van der Waals surface area contributed by atoms with E-state index in [0.29, 0.717) is 17.3 Å². The van der Waals surface area contributed by atoms with Crippen molar-refractivity contribution in [2.45, 2.75) is 30.7 Å². The fraction of sp³-hybridized carbons (Fsp3) is 0.500. The van der Waals surface area contributed by atoms with Gasteiger partial charge in [0.2, 0.25) is 15.9 Å². The predicted molar refractivity (Wildman–Crippen MR) is 82.2 cm³/mol. The van der Waals surface area contributed by atoms with Crippen molar-refractivity contribution in [3.63, 3.8) is 0 Å². The van der Waals surface area contributed by atoms with Crippen molar-refractivity contribution in [2.75, 3.05) is 6.54 Å². The first kappa shape index (κ1) is 16.7. The molecule has 1 amide bonds. The van der Waals surface area contributed by atoms with E-state index in [2.05, 4.69) is 20.9 Å². The lowest BCUT2D eigenvalue weighted by molar-refractivity contribution is -0.123. The van der Waals surface area contributed by atoms with E-state index in [-0.39, 0.29) is 22.6 Å². The highest BCUT2D eigenvalue weighted by atomic mass is 79.9. The van der Waals surface area contributed by atoms with E-state index in [0.717, 1.165) is 0 Å². The first-order valence-corrected chi connectivity index (χ1v) is 8.96. The number of nitrogens with zero attached hydrogens (tertiary/aromatic N) is 2. The van der Waals surface area contributed by atoms with Gasteiger partial charge in [0.1, 0.15) is 10.0 Å². The molecule has 2 heterocycles. The topological polar surface area (TPSA) is 93.4 Å². The molecular weight excluding hydrogens is 382 g/mol. The van der Waals surface area contributed by atoms with E-state index >= 15 is 0 Å².